The summed E-state index contributed by atoms with van der Waals surface area (Å²) in [4.78, 5) is 13.0. The Balaban J connectivity index is 1.91. The third kappa shape index (κ3) is 3.98. The predicted octanol–water partition coefficient (Wildman–Crippen LogP) is 2.81. The van der Waals surface area contributed by atoms with Gasteiger partial charge in [-0.15, -0.1) is 12.6 Å². The predicted molar refractivity (Wildman–Crippen MR) is 80.2 cm³/mol. The Morgan fingerprint density at radius 3 is 2.42 bits per heavy atom. The molecule has 1 amide bonds. The number of nitrogens with zero attached hydrogens (tertiary/aromatic N) is 1. The fraction of sp³-hybridized carbons (Fsp3) is 0.533. The third-order valence-electron chi connectivity index (χ3n) is 3.75. The first kappa shape index (κ1) is 14.4. The lowest BCUT2D eigenvalue weighted by molar-refractivity contribution is -0.128. The molecule has 0 spiro atoms. The van der Waals surface area contributed by atoms with Gasteiger partial charge in [0.2, 0.25) is 5.91 Å². The van der Waals surface area contributed by atoms with Crippen molar-refractivity contribution in [1.82, 2.24) is 10.4 Å². The first-order valence-electron chi connectivity index (χ1n) is 6.92. The highest BCUT2D eigenvalue weighted by atomic mass is 32.1. The monoisotopic (exact) mass is 278 g/mol. The first-order valence-corrected chi connectivity index (χ1v) is 7.36. The maximum atomic E-state index is 12.1. The van der Waals surface area contributed by atoms with Gasteiger partial charge in [0.1, 0.15) is 0 Å². The zero-order valence-corrected chi connectivity index (χ0v) is 12.5. The lowest BCUT2D eigenvalue weighted by Crippen LogP contribution is -2.54. The summed E-state index contributed by atoms with van der Waals surface area (Å²) in [5, 5.41) is 2.11. The highest BCUT2D eigenvalue weighted by molar-refractivity contribution is 7.80. The standard InChI is InChI=1S/C15H22N2OS/c1-11-4-3-5-12(2)17(11)16-15(18)10-13-6-8-14(19)9-7-13/h6-9,11-12,19H,3-5,10H2,1-2H3,(H,16,18). The van der Waals surface area contributed by atoms with Crippen LogP contribution in [0.15, 0.2) is 29.2 Å². The van der Waals surface area contributed by atoms with E-state index in [1.165, 1.54) is 6.42 Å². The number of nitrogens with one attached hydrogen (secondary N) is 1. The van der Waals surface area contributed by atoms with Crippen molar-refractivity contribution in [2.45, 2.75) is 56.5 Å². The summed E-state index contributed by atoms with van der Waals surface area (Å²) in [5.74, 6) is 0.0625. The Labute approximate surface area is 120 Å². The number of carbonyl (C=O) groups is 1. The van der Waals surface area contributed by atoms with E-state index in [-0.39, 0.29) is 5.91 Å². The fourth-order valence-corrected chi connectivity index (χ4v) is 2.77. The number of hydrazine groups is 1. The van der Waals surface area contributed by atoms with Crippen molar-refractivity contribution in [3.63, 3.8) is 0 Å². The number of rotatable bonds is 3. The van der Waals surface area contributed by atoms with Crippen LogP contribution in [0.4, 0.5) is 0 Å². The van der Waals surface area contributed by atoms with Gasteiger partial charge in [-0.2, -0.15) is 0 Å². The molecular formula is C15H22N2OS. The Morgan fingerprint density at radius 2 is 1.84 bits per heavy atom. The molecule has 1 aliphatic rings. The summed E-state index contributed by atoms with van der Waals surface area (Å²) >= 11 is 4.24. The second-order valence-corrected chi connectivity index (χ2v) is 5.93. The topological polar surface area (TPSA) is 32.3 Å². The van der Waals surface area contributed by atoms with Crippen molar-refractivity contribution in [3.8, 4) is 0 Å². The van der Waals surface area contributed by atoms with Crippen molar-refractivity contribution in [2.75, 3.05) is 0 Å². The van der Waals surface area contributed by atoms with Crippen LogP contribution in [0, 0.1) is 0 Å². The highest BCUT2D eigenvalue weighted by Gasteiger charge is 2.25. The number of amides is 1. The van der Waals surface area contributed by atoms with Crippen molar-refractivity contribution in [2.24, 2.45) is 0 Å². The van der Waals surface area contributed by atoms with Gasteiger partial charge in [0.05, 0.1) is 6.42 Å². The minimum absolute atomic E-state index is 0.0625. The molecule has 1 saturated heterocycles. The number of thiol groups is 1. The summed E-state index contributed by atoms with van der Waals surface area (Å²) < 4.78 is 0. The lowest BCUT2D eigenvalue weighted by Gasteiger charge is -2.38. The summed E-state index contributed by atoms with van der Waals surface area (Å²) in [6.45, 7) is 4.34. The largest absolute Gasteiger partial charge is 0.288 e. The molecule has 0 aliphatic carbocycles. The molecule has 1 aromatic rings. The van der Waals surface area contributed by atoms with Crippen LogP contribution in [0.5, 0.6) is 0 Å². The minimum Gasteiger partial charge on any atom is -0.288 e. The van der Waals surface area contributed by atoms with Gasteiger partial charge in [-0.1, -0.05) is 18.6 Å². The molecule has 1 N–H and O–H groups in total. The normalized spacial score (nSPS) is 24.2. The molecule has 2 rings (SSSR count). The average molecular weight is 278 g/mol. The molecule has 1 heterocycles. The van der Waals surface area contributed by atoms with Crippen LogP contribution in [0.3, 0.4) is 0 Å². The highest BCUT2D eigenvalue weighted by Crippen LogP contribution is 2.20. The SMILES string of the molecule is CC1CCCC(C)N1NC(=O)Cc1ccc(S)cc1. The van der Waals surface area contributed by atoms with E-state index in [9.17, 15) is 4.79 Å². The molecule has 0 aromatic heterocycles. The summed E-state index contributed by atoms with van der Waals surface area (Å²) in [6, 6.07) is 8.58. The number of carbonyl (C=O) groups excluding carboxylic acids is 1. The number of hydrogen-bond acceptors (Lipinski definition) is 3. The molecule has 104 valence electrons. The van der Waals surface area contributed by atoms with Crippen molar-refractivity contribution in [3.05, 3.63) is 29.8 Å². The van der Waals surface area contributed by atoms with E-state index in [1.54, 1.807) is 0 Å². The van der Waals surface area contributed by atoms with Crippen molar-refractivity contribution in [1.29, 1.82) is 0 Å². The van der Waals surface area contributed by atoms with Gasteiger partial charge in [0.25, 0.3) is 0 Å². The molecule has 1 fully saturated rings. The number of hydrogen-bond donors (Lipinski definition) is 2. The van der Waals surface area contributed by atoms with Gasteiger partial charge < -0.3 is 0 Å². The molecular weight excluding hydrogens is 256 g/mol. The van der Waals surface area contributed by atoms with Crippen LogP contribution in [-0.4, -0.2) is 23.0 Å². The smallest absolute Gasteiger partial charge is 0.238 e. The quantitative estimate of drug-likeness (QED) is 0.833. The molecule has 4 heteroatoms. The molecule has 3 nitrogen and oxygen atoms in total. The summed E-state index contributed by atoms with van der Waals surface area (Å²) in [7, 11) is 0. The summed E-state index contributed by atoms with van der Waals surface area (Å²) in [6.07, 6.45) is 3.97. The Morgan fingerprint density at radius 1 is 1.26 bits per heavy atom. The maximum absolute atomic E-state index is 12.1. The number of benzene rings is 1. The van der Waals surface area contributed by atoms with Crippen molar-refractivity contribution >= 4 is 18.5 Å². The van der Waals surface area contributed by atoms with E-state index >= 15 is 0 Å². The molecule has 0 saturated carbocycles. The van der Waals surface area contributed by atoms with Crippen LogP contribution >= 0.6 is 12.6 Å². The zero-order chi connectivity index (χ0) is 13.8. The van der Waals surface area contributed by atoms with Gasteiger partial charge in [-0.05, 0) is 44.4 Å². The van der Waals surface area contributed by atoms with E-state index in [4.69, 9.17) is 0 Å². The van der Waals surface area contributed by atoms with Crippen LogP contribution < -0.4 is 5.43 Å². The van der Waals surface area contributed by atoms with E-state index in [2.05, 4.69) is 36.9 Å². The van der Waals surface area contributed by atoms with Crippen LogP contribution in [0.25, 0.3) is 0 Å². The molecule has 1 aliphatic heterocycles. The van der Waals surface area contributed by atoms with Crippen LogP contribution in [-0.2, 0) is 11.2 Å². The van der Waals surface area contributed by atoms with E-state index in [1.807, 2.05) is 24.3 Å². The molecule has 0 bridgehead atoms. The Bertz CT molecular complexity index is 422. The summed E-state index contributed by atoms with van der Waals surface area (Å²) in [5.41, 5.74) is 4.08. The van der Waals surface area contributed by atoms with Gasteiger partial charge >= 0.3 is 0 Å². The minimum atomic E-state index is 0.0625. The number of piperidine rings is 1. The van der Waals surface area contributed by atoms with Crippen LogP contribution in [0.1, 0.15) is 38.7 Å². The van der Waals surface area contributed by atoms with Gasteiger partial charge in [0, 0.05) is 17.0 Å². The Hall–Kier alpha value is -1.00. The second kappa shape index (κ2) is 6.44. The average Bonchev–Trinajstić information content (AvgIpc) is 2.37. The fourth-order valence-electron chi connectivity index (χ4n) is 2.62. The van der Waals surface area contributed by atoms with E-state index in [0.717, 1.165) is 23.3 Å². The van der Waals surface area contributed by atoms with E-state index < -0.39 is 0 Å². The van der Waals surface area contributed by atoms with E-state index in [0.29, 0.717) is 18.5 Å². The van der Waals surface area contributed by atoms with Gasteiger partial charge in [0.15, 0.2) is 0 Å². The maximum Gasteiger partial charge on any atom is 0.238 e. The molecule has 2 unspecified atom stereocenters. The zero-order valence-electron chi connectivity index (χ0n) is 11.6. The first-order chi connectivity index (χ1) is 9.06. The molecule has 19 heavy (non-hydrogen) atoms. The lowest BCUT2D eigenvalue weighted by atomic mass is 10.00. The van der Waals surface area contributed by atoms with Gasteiger partial charge in [-0.25, -0.2) is 5.01 Å². The van der Waals surface area contributed by atoms with Crippen LogP contribution in [0.2, 0.25) is 0 Å². The molecule has 2 atom stereocenters. The van der Waals surface area contributed by atoms with Crippen molar-refractivity contribution < 1.29 is 4.79 Å². The third-order valence-corrected chi connectivity index (χ3v) is 4.05. The second-order valence-electron chi connectivity index (χ2n) is 5.41. The van der Waals surface area contributed by atoms with Gasteiger partial charge in [-0.3, -0.25) is 10.2 Å². The molecule has 0 radical (unpaired) electrons. The Kier molecular flexibility index (Phi) is 4.88. The molecule has 1 aromatic carbocycles.